The summed E-state index contributed by atoms with van der Waals surface area (Å²) in [4.78, 5) is 2.14. The van der Waals surface area contributed by atoms with E-state index in [1.54, 1.807) is 11.8 Å². The second-order valence-corrected chi connectivity index (χ2v) is 5.91. The monoisotopic (exact) mass is 208 g/mol. The number of hydrogen-bond acceptors (Lipinski definition) is 4. The highest BCUT2D eigenvalue weighted by Crippen LogP contribution is 2.22. The molecule has 1 atom stereocenters. The van der Waals surface area contributed by atoms with Gasteiger partial charge in [0.1, 0.15) is 0 Å². The van der Waals surface area contributed by atoms with Gasteiger partial charge in [0.2, 0.25) is 10.0 Å². The van der Waals surface area contributed by atoms with E-state index in [1.807, 2.05) is 6.92 Å². The molecular formula is C6H12N2O2S2. The molecule has 1 saturated heterocycles. The Balaban J connectivity index is 2.58. The Morgan fingerprint density at radius 2 is 2.33 bits per heavy atom. The molecule has 0 bridgehead atoms. The van der Waals surface area contributed by atoms with Gasteiger partial charge in [0.05, 0.1) is 12.0 Å². The third-order valence-electron chi connectivity index (χ3n) is 1.55. The zero-order valence-corrected chi connectivity index (χ0v) is 8.70. The summed E-state index contributed by atoms with van der Waals surface area (Å²) in [6, 6.07) is 0. The van der Waals surface area contributed by atoms with Crippen molar-refractivity contribution in [2.24, 2.45) is 5.10 Å². The fraction of sp³-hybridized carbons (Fsp3) is 0.833. The fourth-order valence-corrected chi connectivity index (χ4v) is 2.25. The van der Waals surface area contributed by atoms with E-state index in [1.165, 1.54) is 0 Å². The lowest BCUT2D eigenvalue weighted by Crippen LogP contribution is -2.20. The minimum atomic E-state index is -3.18. The van der Waals surface area contributed by atoms with Gasteiger partial charge in [-0.1, -0.05) is 0 Å². The summed E-state index contributed by atoms with van der Waals surface area (Å²) in [6.07, 6.45) is 1.98. The first kappa shape index (κ1) is 9.85. The Morgan fingerprint density at radius 1 is 1.67 bits per heavy atom. The van der Waals surface area contributed by atoms with Crippen molar-refractivity contribution in [2.45, 2.75) is 18.6 Å². The molecule has 0 aliphatic carbocycles. The minimum Gasteiger partial charge on any atom is -0.206 e. The molecule has 0 aromatic carbocycles. The number of hydrogen-bond donors (Lipinski definition) is 1. The van der Waals surface area contributed by atoms with Crippen molar-refractivity contribution in [1.82, 2.24) is 4.83 Å². The Bertz CT molecular complexity index is 284. The highest BCUT2D eigenvalue weighted by molar-refractivity contribution is 8.01. The molecule has 0 spiro atoms. The first-order chi connectivity index (χ1) is 5.49. The molecule has 12 heavy (non-hydrogen) atoms. The van der Waals surface area contributed by atoms with Gasteiger partial charge in [-0.15, -0.1) is 0 Å². The number of nitrogens with zero attached hydrogens (tertiary/aromatic N) is 1. The predicted molar refractivity (Wildman–Crippen MR) is 52.0 cm³/mol. The van der Waals surface area contributed by atoms with Crippen molar-refractivity contribution in [2.75, 3.05) is 12.0 Å². The number of sulfonamides is 1. The lowest BCUT2D eigenvalue weighted by atomic mass is 10.2. The van der Waals surface area contributed by atoms with Gasteiger partial charge in [-0.05, 0) is 19.1 Å². The van der Waals surface area contributed by atoms with Crippen molar-refractivity contribution < 1.29 is 8.42 Å². The Kier molecular flexibility index (Phi) is 3.00. The first-order valence-corrected chi connectivity index (χ1v) is 6.58. The van der Waals surface area contributed by atoms with Crippen molar-refractivity contribution in [3.63, 3.8) is 0 Å². The number of thioether (sulfide) groups is 1. The summed E-state index contributed by atoms with van der Waals surface area (Å²) >= 11 is 1.79. The molecule has 1 aliphatic rings. The van der Waals surface area contributed by atoms with Gasteiger partial charge < -0.3 is 0 Å². The van der Waals surface area contributed by atoms with Crippen LogP contribution in [-0.4, -0.2) is 31.4 Å². The zero-order chi connectivity index (χ0) is 9.19. The summed E-state index contributed by atoms with van der Waals surface area (Å²) in [6.45, 7) is 2.03. The van der Waals surface area contributed by atoms with E-state index in [9.17, 15) is 8.42 Å². The van der Waals surface area contributed by atoms with Crippen molar-refractivity contribution >= 4 is 27.5 Å². The van der Waals surface area contributed by atoms with E-state index in [0.717, 1.165) is 24.1 Å². The van der Waals surface area contributed by atoms with Crippen LogP contribution in [0.15, 0.2) is 5.10 Å². The summed E-state index contributed by atoms with van der Waals surface area (Å²) in [7, 11) is -3.18. The predicted octanol–water partition coefficient (Wildman–Crippen LogP) is 0.417. The number of nitrogens with one attached hydrogen (secondary N) is 1. The molecule has 6 heteroatoms. The molecule has 70 valence electrons. The molecule has 0 radical (unpaired) electrons. The van der Waals surface area contributed by atoms with Gasteiger partial charge in [0.15, 0.2) is 0 Å². The van der Waals surface area contributed by atoms with Crippen LogP contribution < -0.4 is 4.83 Å². The molecule has 1 heterocycles. The molecule has 4 nitrogen and oxygen atoms in total. The molecule has 1 unspecified atom stereocenters. The SMILES string of the molecule is CC1SCC/C1=N/NS(C)(=O)=O. The Labute approximate surface area is 76.9 Å². The van der Waals surface area contributed by atoms with E-state index in [2.05, 4.69) is 9.93 Å². The quantitative estimate of drug-likeness (QED) is 0.669. The number of rotatable bonds is 2. The van der Waals surface area contributed by atoms with Crippen LogP contribution in [0.25, 0.3) is 0 Å². The number of hydrazone groups is 1. The standard InChI is InChI=1S/C6H12N2O2S2/c1-5-6(3-4-11-5)7-8-12(2,9)10/h5,8H,3-4H2,1-2H3/b7-6-. The van der Waals surface area contributed by atoms with Gasteiger partial charge in [-0.2, -0.15) is 16.9 Å². The van der Waals surface area contributed by atoms with Crippen molar-refractivity contribution in [3.05, 3.63) is 0 Å². The summed E-state index contributed by atoms with van der Waals surface area (Å²) in [5, 5.41) is 4.18. The summed E-state index contributed by atoms with van der Waals surface area (Å²) in [5.74, 6) is 1.03. The van der Waals surface area contributed by atoms with E-state index in [-0.39, 0.29) is 0 Å². The van der Waals surface area contributed by atoms with Crippen LogP contribution in [0.4, 0.5) is 0 Å². The molecule has 1 N–H and O–H groups in total. The van der Waals surface area contributed by atoms with Gasteiger partial charge in [0, 0.05) is 5.25 Å². The van der Waals surface area contributed by atoms with Gasteiger partial charge in [-0.25, -0.2) is 13.2 Å². The summed E-state index contributed by atoms with van der Waals surface area (Å²) < 4.78 is 21.3. The second kappa shape index (κ2) is 3.66. The van der Waals surface area contributed by atoms with Crippen molar-refractivity contribution in [1.29, 1.82) is 0 Å². The third kappa shape index (κ3) is 3.02. The van der Waals surface area contributed by atoms with Crippen LogP contribution in [0.3, 0.4) is 0 Å². The van der Waals surface area contributed by atoms with Crippen LogP contribution >= 0.6 is 11.8 Å². The molecular weight excluding hydrogens is 196 g/mol. The first-order valence-electron chi connectivity index (χ1n) is 3.64. The van der Waals surface area contributed by atoms with Gasteiger partial charge >= 0.3 is 0 Å². The lowest BCUT2D eigenvalue weighted by molar-refractivity contribution is 0.590. The fourth-order valence-electron chi connectivity index (χ4n) is 0.928. The maximum atomic E-state index is 10.7. The van der Waals surface area contributed by atoms with Gasteiger partial charge in [0.25, 0.3) is 0 Å². The van der Waals surface area contributed by atoms with Crippen LogP contribution in [0.5, 0.6) is 0 Å². The maximum Gasteiger partial charge on any atom is 0.244 e. The highest BCUT2D eigenvalue weighted by atomic mass is 32.2. The maximum absolute atomic E-state index is 10.7. The molecule has 0 aromatic rings. The normalized spacial score (nSPS) is 27.8. The highest BCUT2D eigenvalue weighted by Gasteiger charge is 2.18. The van der Waals surface area contributed by atoms with Crippen LogP contribution in [0.2, 0.25) is 0 Å². The minimum absolute atomic E-state index is 0.347. The lowest BCUT2D eigenvalue weighted by Gasteiger charge is -2.02. The van der Waals surface area contributed by atoms with E-state index in [4.69, 9.17) is 0 Å². The average molecular weight is 208 g/mol. The van der Waals surface area contributed by atoms with Crippen LogP contribution in [0, 0.1) is 0 Å². The largest absolute Gasteiger partial charge is 0.244 e. The Hall–Kier alpha value is -0.230. The average Bonchev–Trinajstić information content (AvgIpc) is 2.29. The Morgan fingerprint density at radius 3 is 2.75 bits per heavy atom. The zero-order valence-electron chi connectivity index (χ0n) is 7.07. The smallest absolute Gasteiger partial charge is 0.206 e. The van der Waals surface area contributed by atoms with Gasteiger partial charge in [-0.3, -0.25) is 0 Å². The van der Waals surface area contributed by atoms with E-state index in [0.29, 0.717) is 5.25 Å². The molecule has 1 fully saturated rings. The van der Waals surface area contributed by atoms with E-state index >= 15 is 0 Å². The third-order valence-corrected chi connectivity index (χ3v) is 3.19. The molecule has 0 saturated carbocycles. The van der Waals surface area contributed by atoms with E-state index < -0.39 is 10.0 Å². The summed E-state index contributed by atoms with van der Waals surface area (Å²) in [5.41, 5.74) is 0.936. The molecule has 1 rings (SSSR count). The topological polar surface area (TPSA) is 58.5 Å². The molecule has 0 aromatic heterocycles. The molecule has 1 aliphatic heterocycles. The molecule has 0 amide bonds. The van der Waals surface area contributed by atoms with Crippen LogP contribution in [0.1, 0.15) is 13.3 Å². The van der Waals surface area contributed by atoms with Crippen LogP contribution in [-0.2, 0) is 10.0 Å². The van der Waals surface area contributed by atoms with Crippen molar-refractivity contribution in [3.8, 4) is 0 Å². The second-order valence-electron chi connectivity index (χ2n) is 2.73.